The maximum absolute atomic E-state index is 5.81. The number of rotatable bonds is 9. The lowest BCUT2D eigenvalue weighted by Gasteiger charge is -2.12. The molecular weight excluding hydrogens is 226 g/mol. The van der Waals surface area contributed by atoms with Crippen LogP contribution < -0.4 is 14.8 Å². The minimum atomic E-state index is 0.763. The number of ether oxygens (including phenoxy) is 2. The molecule has 0 aromatic heterocycles. The van der Waals surface area contributed by atoms with Gasteiger partial charge >= 0.3 is 0 Å². The predicted molar refractivity (Wildman–Crippen MR) is 75.4 cm³/mol. The molecule has 18 heavy (non-hydrogen) atoms. The monoisotopic (exact) mass is 251 g/mol. The van der Waals surface area contributed by atoms with E-state index >= 15 is 0 Å². The van der Waals surface area contributed by atoms with Crippen LogP contribution in [0, 0.1) is 0 Å². The van der Waals surface area contributed by atoms with Crippen molar-refractivity contribution in [1.82, 2.24) is 5.32 Å². The maximum Gasteiger partial charge on any atom is 0.161 e. The zero-order valence-electron chi connectivity index (χ0n) is 11.8. The quantitative estimate of drug-likeness (QED) is 0.683. The van der Waals surface area contributed by atoms with Crippen LogP contribution in [0.15, 0.2) is 18.2 Å². The first kappa shape index (κ1) is 14.8. The highest BCUT2D eigenvalue weighted by Crippen LogP contribution is 2.28. The van der Waals surface area contributed by atoms with Gasteiger partial charge in [0, 0.05) is 6.54 Å². The second kappa shape index (κ2) is 8.81. The third-order valence-corrected chi connectivity index (χ3v) is 2.86. The molecule has 0 radical (unpaired) electrons. The predicted octanol–water partition coefficient (Wildman–Crippen LogP) is 3.37. The summed E-state index contributed by atoms with van der Waals surface area (Å²) in [6, 6.07) is 6.07. The summed E-state index contributed by atoms with van der Waals surface area (Å²) in [7, 11) is 3.62. The SMILES string of the molecule is CCCCCCOc1cc(CNC)ccc1OC. The van der Waals surface area contributed by atoms with E-state index in [-0.39, 0.29) is 0 Å². The third-order valence-electron chi connectivity index (χ3n) is 2.86. The van der Waals surface area contributed by atoms with Gasteiger partial charge in [0.2, 0.25) is 0 Å². The van der Waals surface area contributed by atoms with E-state index < -0.39 is 0 Å². The summed E-state index contributed by atoms with van der Waals surface area (Å²) in [5, 5.41) is 3.14. The van der Waals surface area contributed by atoms with Crippen molar-refractivity contribution < 1.29 is 9.47 Å². The zero-order chi connectivity index (χ0) is 13.2. The van der Waals surface area contributed by atoms with E-state index in [0.717, 1.165) is 31.1 Å². The topological polar surface area (TPSA) is 30.5 Å². The van der Waals surface area contributed by atoms with Gasteiger partial charge in [0.05, 0.1) is 13.7 Å². The standard InChI is InChI=1S/C15H25NO2/c1-4-5-6-7-10-18-15-11-13(12-16-2)8-9-14(15)17-3/h8-9,11,16H,4-7,10,12H2,1-3H3. The Hall–Kier alpha value is -1.22. The molecule has 0 atom stereocenters. The number of nitrogens with one attached hydrogen (secondary N) is 1. The summed E-state index contributed by atoms with van der Waals surface area (Å²) in [6.07, 6.45) is 4.86. The second-order valence-corrected chi connectivity index (χ2v) is 4.42. The Balaban J connectivity index is 2.52. The molecule has 0 aliphatic carbocycles. The smallest absolute Gasteiger partial charge is 0.161 e. The summed E-state index contributed by atoms with van der Waals surface area (Å²) in [4.78, 5) is 0. The Bertz CT molecular complexity index is 339. The highest BCUT2D eigenvalue weighted by Gasteiger charge is 2.05. The number of hydrogen-bond acceptors (Lipinski definition) is 3. The largest absolute Gasteiger partial charge is 0.493 e. The third kappa shape index (κ3) is 4.96. The summed E-state index contributed by atoms with van der Waals surface area (Å²) in [5.41, 5.74) is 1.21. The minimum Gasteiger partial charge on any atom is -0.493 e. The maximum atomic E-state index is 5.81. The first-order chi connectivity index (χ1) is 8.81. The lowest BCUT2D eigenvalue weighted by Crippen LogP contribution is -2.06. The van der Waals surface area contributed by atoms with Crippen molar-refractivity contribution in [2.45, 2.75) is 39.2 Å². The molecule has 0 heterocycles. The van der Waals surface area contributed by atoms with Gasteiger partial charge in [-0.1, -0.05) is 32.3 Å². The molecule has 1 N–H and O–H groups in total. The molecule has 0 spiro atoms. The van der Waals surface area contributed by atoms with Crippen LogP contribution >= 0.6 is 0 Å². The molecule has 0 unspecified atom stereocenters. The lowest BCUT2D eigenvalue weighted by atomic mass is 10.2. The summed E-state index contributed by atoms with van der Waals surface area (Å²) >= 11 is 0. The summed E-state index contributed by atoms with van der Waals surface area (Å²) < 4.78 is 11.1. The van der Waals surface area contributed by atoms with Crippen molar-refractivity contribution in [2.75, 3.05) is 20.8 Å². The molecule has 0 bridgehead atoms. The van der Waals surface area contributed by atoms with Gasteiger partial charge in [0.25, 0.3) is 0 Å². The van der Waals surface area contributed by atoms with Gasteiger partial charge in [-0.15, -0.1) is 0 Å². The molecule has 1 aromatic carbocycles. The van der Waals surface area contributed by atoms with E-state index in [9.17, 15) is 0 Å². The Kier molecular flexibility index (Phi) is 7.26. The van der Waals surface area contributed by atoms with Crippen LogP contribution in [0.1, 0.15) is 38.2 Å². The highest BCUT2D eigenvalue weighted by molar-refractivity contribution is 5.42. The van der Waals surface area contributed by atoms with E-state index in [1.165, 1.54) is 24.8 Å². The fourth-order valence-corrected chi connectivity index (χ4v) is 1.86. The molecule has 0 fully saturated rings. The Labute approximate surface area is 110 Å². The molecule has 0 aliphatic heterocycles. The van der Waals surface area contributed by atoms with Crippen LogP contribution in [0.2, 0.25) is 0 Å². The molecule has 0 amide bonds. The highest BCUT2D eigenvalue weighted by atomic mass is 16.5. The van der Waals surface area contributed by atoms with Crippen molar-refractivity contribution in [3.05, 3.63) is 23.8 Å². The van der Waals surface area contributed by atoms with E-state index in [4.69, 9.17) is 9.47 Å². The van der Waals surface area contributed by atoms with Crippen LogP contribution in [-0.4, -0.2) is 20.8 Å². The van der Waals surface area contributed by atoms with Crippen molar-refractivity contribution in [3.8, 4) is 11.5 Å². The molecule has 1 aromatic rings. The van der Waals surface area contributed by atoms with Crippen molar-refractivity contribution in [3.63, 3.8) is 0 Å². The van der Waals surface area contributed by atoms with Gasteiger partial charge in [-0.05, 0) is 31.2 Å². The normalized spacial score (nSPS) is 10.4. The lowest BCUT2D eigenvalue weighted by molar-refractivity contribution is 0.285. The first-order valence-corrected chi connectivity index (χ1v) is 6.76. The molecular formula is C15H25NO2. The number of hydrogen-bond donors (Lipinski definition) is 1. The molecule has 0 saturated carbocycles. The molecule has 1 rings (SSSR count). The van der Waals surface area contributed by atoms with Gasteiger partial charge < -0.3 is 14.8 Å². The Morgan fingerprint density at radius 3 is 2.61 bits per heavy atom. The molecule has 0 aliphatic rings. The van der Waals surface area contributed by atoms with Crippen molar-refractivity contribution in [2.24, 2.45) is 0 Å². The fraction of sp³-hybridized carbons (Fsp3) is 0.600. The fourth-order valence-electron chi connectivity index (χ4n) is 1.86. The average molecular weight is 251 g/mol. The van der Waals surface area contributed by atoms with Gasteiger partial charge in [0.15, 0.2) is 11.5 Å². The molecule has 3 heteroatoms. The summed E-state index contributed by atoms with van der Waals surface area (Å²) in [6.45, 7) is 3.82. The Morgan fingerprint density at radius 2 is 1.94 bits per heavy atom. The number of unbranched alkanes of at least 4 members (excludes halogenated alkanes) is 3. The van der Waals surface area contributed by atoms with Crippen LogP contribution in [0.3, 0.4) is 0 Å². The second-order valence-electron chi connectivity index (χ2n) is 4.42. The van der Waals surface area contributed by atoms with Crippen LogP contribution in [0.4, 0.5) is 0 Å². The van der Waals surface area contributed by atoms with Gasteiger partial charge in [-0.2, -0.15) is 0 Å². The molecule has 0 saturated heterocycles. The summed E-state index contributed by atoms with van der Waals surface area (Å²) in [5.74, 6) is 1.66. The molecule has 3 nitrogen and oxygen atoms in total. The number of benzene rings is 1. The Morgan fingerprint density at radius 1 is 1.11 bits per heavy atom. The van der Waals surface area contributed by atoms with Crippen molar-refractivity contribution in [1.29, 1.82) is 0 Å². The van der Waals surface area contributed by atoms with Crippen LogP contribution in [-0.2, 0) is 6.54 Å². The van der Waals surface area contributed by atoms with E-state index in [0.29, 0.717) is 0 Å². The number of methoxy groups -OCH3 is 1. The first-order valence-electron chi connectivity index (χ1n) is 6.76. The van der Waals surface area contributed by atoms with E-state index in [1.807, 2.05) is 13.1 Å². The van der Waals surface area contributed by atoms with Gasteiger partial charge in [-0.25, -0.2) is 0 Å². The minimum absolute atomic E-state index is 0.763. The van der Waals surface area contributed by atoms with E-state index in [1.54, 1.807) is 7.11 Å². The van der Waals surface area contributed by atoms with Crippen molar-refractivity contribution >= 4 is 0 Å². The van der Waals surface area contributed by atoms with Crippen LogP contribution in [0.5, 0.6) is 11.5 Å². The van der Waals surface area contributed by atoms with Crippen LogP contribution in [0.25, 0.3) is 0 Å². The van der Waals surface area contributed by atoms with E-state index in [2.05, 4.69) is 24.4 Å². The van der Waals surface area contributed by atoms with Gasteiger partial charge in [-0.3, -0.25) is 0 Å². The average Bonchev–Trinajstić information content (AvgIpc) is 2.39. The van der Waals surface area contributed by atoms with Gasteiger partial charge in [0.1, 0.15) is 0 Å². The zero-order valence-corrected chi connectivity index (χ0v) is 11.8. The molecule has 102 valence electrons.